The van der Waals surface area contributed by atoms with Crippen LogP contribution in [0.25, 0.3) is 0 Å². The molecule has 0 heterocycles. The normalized spacial score (nSPS) is 27.8. The predicted molar refractivity (Wildman–Crippen MR) is 95.3 cm³/mol. The lowest BCUT2D eigenvalue weighted by molar-refractivity contribution is -0.168. The number of fused-ring (bicyclic) bond motifs is 3. The van der Waals surface area contributed by atoms with Gasteiger partial charge in [0, 0.05) is 0 Å². The van der Waals surface area contributed by atoms with E-state index in [1.54, 1.807) is 0 Å². The van der Waals surface area contributed by atoms with Gasteiger partial charge in [-0.1, -0.05) is 48.6 Å². The fourth-order valence-corrected chi connectivity index (χ4v) is 4.30. The van der Waals surface area contributed by atoms with Crippen LogP contribution in [0, 0.1) is 10.8 Å². The molecule has 5 nitrogen and oxygen atoms in total. The van der Waals surface area contributed by atoms with Gasteiger partial charge in [-0.2, -0.15) is 0 Å². The summed E-state index contributed by atoms with van der Waals surface area (Å²) in [5.41, 5.74) is -0.115. The molecule has 0 aromatic heterocycles. The van der Waals surface area contributed by atoms with Crippen molar-refractivity contribution in [3.8, 4) is 0 Å². The summed E-state index contributed by atoms with van der Waals surface area (Å²) in [6, 6.07) is 7.48. The molecule has 0 spiro atoms. The molecule has 0 amide bonds. The van der Waals surface area contributed by atoms with Gasteiger partial charge in [0.2, 0.25) is 0 Å². The van der Waals surface area contributed by atoms with Gasteiger partial charge in [0.15, 0.2) is 5.78 Å². The number of rotatable bonds is 2. The Labute approximate surface area is 152 Å². The minimum atomic E-state index is -1.51. The zero-order valence-electron chi connectivity index (χ0n) is 15.1. The molecule has 26 heavy (non-hydrogen) atoms. The molecule has 2 aliphatic carbocycles. The molecule has 1 aromatic rings. The molecule has 0 radical (unpaired) electrons. The number of carbonyl (C=O) groups excluding carboxylic acids is 3. The number of esters is 2. The molecule has 0 unspecified atom stereocenters. The van der Waals surface area contributed by atoms with Crippen LogP contribution < -0.4 is 0 Å². The van der Waals surface area contributed by atoms with E-state index < -0.39 is 28.6 Å². The van der Waals surface area contributed by atoms with Gasteiger partial charge >= 0.3 is 11.9 Å². The third-order valence-electron chi connectivity index (χ3n) is 5.65. The van der Waals surface area contributed by atoms with Gasteiger partial charge in [0.25, 0.3) is 0 Å². The minimum Gasteiger partial charge on any atom is -0.468 e. The largest absolute Gasteiger partial charge is 0.468 e. The monoisotopic (exact) mass is 354 g/mol. The number of hydrogen-bond acceptors (Lipinski definition) is 5. The average molecular weight is 354 g/mol. The maximum atomic E-state index is 13.8. The second-order valence-corrected chi connectivity index (χ2v) is 7.16. The summed E-state index contributed by atoms with van der Waals surface area (Å²) in [5.74, 6) is -1.76. The third kappa shape index (κ3) is 2.42. The number of methoxy groups -OCH3 is 2. The van der Waals surface area contributed by atoms with Crippen LogP contribution >= 0.6 is 0 Å². The van der Waals surface area contributed by atoms with E-state index in [4.69, 9.17) is 9.47 Å². The quantitative estimate of drug-likeness (QED) is 0.603. The number of benzene rings is 1. The molecule has 0 N–H and O–H groups in total. The Kier molecular flexibility index (Phi) is 4.34. The Morgan fingerprint density at radius 3 is 1.58 bits per heavy atom. The van der Waals surface area contributed by atoms with E-state index in [2.05, 4.69) is 13.2 Å². The van der Waals surface area contributed by atoms with Gasteiger partial charge in [-0.3, -0.25) is 14.4 Å². The lowest BCUT2D eigenvalue weighted by Gasteiger charge is -2.33. The van der Waals surface area contributed by atoms with E-state index in [0.717, 1.165) is 11.1 Å². The molecule has 0 aliphatic heterocycles. The van der Waals surface area contributed by atoms with Crippen LogP contribution in [0.1, 0.15) is 24.0 Å². The standard InChI is InChI=1S/C21H22O5/c1-13-9-20(18(23)25-3)11-15-7-5-6-8-16(15)12-21(17(20)22,10-14(13)2)19(24)26-4/h5-8H,1-2,9-12H2,3-4H3/t20-,21+. The molecule has 2 aliphatic rings. The summed E-state index contributed by atoms with van der Waals surface area (Å²) in [6.07, 6.45) is 0.508. The Balaban J connectivity index is 2.36. The molecular weight excluding hydrogens is 332 g/mol. The van der Waals surface area contributed by atoms with Gasteiger partial charge < -0.3 is 9.47 Å². The lowest BCUT2D eigenvalue weighted by Crippen LogP contribution is -2.52. The molecule has 2 atom stereocenters. The van der Waals surface area contributed by atoms with Crippen molar-refractivity contribution in [2.75, 3.05) is 14.2 Å². The number of carbonyl (C=O) groups is 3. The molecule has 136 valence electrons. The highest BCUT2D eigenvalue weighted by Gasteiger charge is 2.62. The number of ketones is 1. The second kappa shape index (κ2) is 6.24. The first-order valence-electron chi connectivity index (χ1n) is 8.45. The zero-order valence-corrected chi connectivity index (χ0v) is 15.1. The summed E-state index contributed by atoms with van der Waals surface area (Å²) in [7, 11) is 2.51. The van der Waals surface area contributed by atoms with E-state index in [-0.39, 0.29) is 25.7 Å². The molecule has 5 heteroatoms. The predicted octanol–water partition coefficient (Wildman–Crippen LogP) is 2.58. The number of Topliss-reactive ketones (excluding diaryl/α,β-unsaturated/α-hetero) is 1. The maximum absolute atomic E-state index is 13.8. The van der Waals surface area contributed by atoms with Crippen molar-refractivity contribution < 1.29 is 23.9 Å². The van der Waals surface area contributed by atoms with Crippen LogP contribution in [-0.2, 0) is 36.7 Å². The summed E-state index contributed by atoms with van der Waals surface area (Å²) >= 11 is 0. The molecular formula is C21H22O5. The van der Waals surface area contributed by atoms with Gasteiger partial charge in [-0.25, -0.2) is 0 Å². The molecule has 0 saturated heterocycles. The van der Waals surface area contributed by atoms with E-state index in [9.17, 15) is 14.4 Å². The fraction of sp³-hybridized carbons (Fsp3) is 0.381. The van der Waals surface area contributed by atoms with E-state index in [1.807, 2.05) is 24.3 Å². The first-order chi connectivity index (χ1) is 12.3. The van der Waals surface area contributed by atoms with Crippen LogP contribution in [0.5, 0.6) is 0 Å². The molecule has 1 saturated carbocycles. The Hall–Kier alpha value is -2.69. The zero-order chi connectivity index (χ0) is 19.1. The summed E-state index contributed by atoms with van der Waals surface area (Å²) < 4.78 is 10.0. The highest BCUT2D eigenvalue weighted by Crippen LogP contribution is 2.51. The Morgan fingerprint density at radius 2 is 1.23 bits per heavy atom. The van der Waals surface area contributed by atoms with Gasteiger partial charge in [-0.15, -0.1) is 0 Å². The van der Waals surface area contributed by atoms with Crippen LogP contribution in [0.3, 0.4) is 0 Å². The smallest absolute Gasteiger partial charge is 0.320 e. The fourth-order valence-electron chi connectivity index (χ4n) is 4.30. The van der Waals surface area contributed by atoms with Gasteiger partial charge in [0.05, 0.1) is 14.2 Å². The van der Waals surface area contributed by atoms with Crippen molar-refractivity contribution >= 4 is 17.7 Å². The summed E-state index contributed by atoms with van der Waals surface area (Å²) in [4.78, 5) is 39.5. The Morgan fingerprint density at radius 1 is 0.846 bits per heavy atom. The van der Waals surface area contributed by atoms with Crippen LogP contribution in [-0.4, -0.2) is 31.9 Å². The molecule has 1 aromatic carbocycles. The average Bonchev–Trinajstić information content (AvgIpc) is 2.79. The summed E-state index contributed by atoms with van der Waals surface area (Å²) in [5, 5.41) is 0. The van der Waals surface area contributed by atoms with Crippen molar-refractivity contribution in [3.63, 3.8) is 0 Å². The topological polar surface area (TPSA) is 69.7 Å². The summed E-state index contributed by atoms with van der Waals surface area (Å²) in [6.45, 7) is 8.01. The van der Waals surface area contributed by atoms with Crippen LogP contribution in [0.2, 0.25) is 0 Å². The first-order valence-corrected chi connectivity index (χ1v) is 8.45. The lowest BCUT2D eigenvalue weighted by atomic mass is 9.66. The van der Waals surface area contributed by atoms with Crippen molar-refractivity contribution in [3.05, 3.63) is 59.7 Å². The minimum absolute atomic E-state index is 0.0877. The highest BCUT2D eigenvalue weighted by atomic mass is 16.5. The van der Waals surface area contributed by atoms with Gasteiger partial charge in [-0.05, 0) is 36.8 Å². The van der Waals surface area contributed by atoms with E-state index >= 15 is 0 Å². The van der Waals surface area contributed by atoms with E-state index in [1.165, 1.54) is 14.2 Å². The van der Waals surface area contributed by atoms with Crippen molar-refractivity contribution in [2.45, 2.75) is 25.7 Å². The molecule has 3 rings (SSSR count). The molecule has 2 bridgehead atoms. The van der Waals surface area contributed by atoms with Crippen LogP contribution in [0.4, 0.5) is 0 Å². The van der Waals surface area contributed by atoms with Crippen LogP contribution in [0.15, 0.2) is 48.6 Å². The maximum Gasteiger partial charge on any atom is 0.320 e. The number of allylic oxidation sites excluding steroid dienone is 2. The highest BCUT2D eigenvalue weighted by molar-refractivity contribution is 6.16. The third-order valence-corrected chi connectivity index (χ3v) is 5.65. The van der Waals surface area contributed by atoms with Crippen molar-refractivity contribution in [1.82, 2.24) is 0 Å². The number of hydrogen-bond donors (Lipinski definition) is 0. The van der Waals surface area contributed by atoms with E-state index in [0.29, 0.717) is 11.1 Å². The van der Waals surface area contributed by atoms with Gasteiger partial charge in [0.1, 0.15) is 10.8 Å². The van der Waals surface area contributed by atoms with Crippen molar-refractivity contribution in [1.29, 1.82) is 0 Å². The van der Waals surface area contributed by atoms with Crippen molar-refractivity contribution in [2.24, 2.45) is 10.8 Å². The first kappa shape index (κ1) is 18.1. The molecule has 1 fully saturated rings. The number of ether oxygens (including phenoxy) is 2. The SMILES string of the molecule is C=C1C[C@@]2(C(=O)OC)Cc3ccccc3C[C@@](C(=O)OC)(CC1=C)C2=O. The second-order valence-electron chi connectivity index (χ2n) is 7.16. The Bertz CT molecular complexity index is 770.